The number of methoxy groups -OCH3 is 1. The van der Waals surface area contributed by atoms with Crippen LogP contribution in [0.25, 0.3) is 16.7 Å². The number of fused-ring (bicyclic) bond motifs is 1. The fourth-order valence-corrected chi connectivity index (χ4v) is 6.20. The van der Waals surface area contributed by atoms with E-state index in [0.29, 0.717) is 23.5 Å². The molecule has 1 atom stereocenters. The first-order chi connectivity index (χ1) is 19.1. The van der Waals surface area contributed by atoms with E-state index in [1.807, 2.05) is 37.3 Å². The molecule has 0 radical (unpaired) electrons. The topological polar surface area (TPSA) is 87.0 Å². The minimum absolute atomic E-state index is 0.151. The molecule has 3 heterocycles. The summed E-state index contributed by atoms with van der Waals surface area (Å²) in [5, 5.41) is 3.60. The summed E-state index contributed by atoms with van der Waals surface area (Å²) in [5.74, 6) is 0.377. The number of rotatable bonds is 8. The van der Waals surface area contributed by atoms with E-state index in [9.17, 15) is 9.59 Å². The number of ether oxygens (including phenoxy) is 3. The Bertz CT molecular complexity index is 1630. The van der Waals surface area contributed by atoms with Crippen LogP contribution in [-0.4, -0.2) is 25.1 Å². The third kappa shape index (κ3) is 5.14. The van der Waals surface area contributed by atoms with Crippen molar-refractivity contribution in [1.29, 1.82) is 0 Å². The van der Waals surface area contributed by atoms with Gasteiger partial charge in [-0.1, -0.05) is 12.1 Å². The Kier molecular flexibility index (Phi) is 7.29. The summed E-state index contributed by atoms with van der Waals surface area (Å²) in [6.07, 6.45) is 2.99. The quantitative estimate of drug-likeness (QED) is 0.135. The lowest BCUT2D eigenvalue weighted by molar-refractivity contribution is -0.132. The van der Waals surface area contributed by atoms with Gasteiger partial charge in [0, 0.05) is 43.8 Å². The number of aryl methyl sites for hydroxylation is 2. The van der Waals surface area contributed by atoms with Crippen molar-refractivity contribution >= 4 is 35.0 Å². The number of nitrogens with one attached hydrogen (secondary N) is 1. The van der Waals surface area contributed by atoms with E-state index in [-0.39, 0.29) is 11.3 Å². The summed E-state index contributed by atoms with van der Waals surface area (Å²) in [5.41, 5.74) is 5.89. The average Bonchev–Trinajstić information content (AvgIpc) is 3.54. The third-order valence-corrected chi connectivity index (χ3v) is 7.91. The summed E-state index contributed by atoms with van der Waals surface area (Å²) in [7, 11) is 1.57. The molecule has 0 fully saturated rings. The van der Waals surface area contributed by atoms with Crippen LogP contribution in [0.1, 0.15) is 63.9 Å². The second kappa shape index (κ2) is 10.7. The highest BCUT2D eigenvalue weighted by molar-refractivity contribution is 7.12. The number of anilines is 1. The largest absolute Gasteiger partial charge is 0.496 e. The van der Waals surface area contributed by atoms with Gasteiger partial charge in [0.2, 0.25) is 5.76 Å². The maximum atomic E-state index is 12.7. The molecule has 1 N–H and O–H groups in total. The smallest absolute Gasteiger partial charge is 0.379 e. The first-order valence-electron chi connectivity index (χ1n) is 12.9. The zero-order valence-corrected chi connectivity index (χ0v) is 24.1. The Labute approximate surface area is 237 Å². The molecule has 4 aromatic rings. The average molecular weight is 558 g/mol. The molecule has 2 aromatic heterocycles. The molecule has 2 aromatic carbocycles. The van der Waals surface area contributed by atoms with Gasteiger partial charge in [0.15, 0.2) is 6.10 Å². The number of carbonyl (C=O) groups excluding carboxylic acids is 2. The lowest BCUT2D eigenvalue weighted by atomic mass is 9.82. The van der Waals surface area contributed by atoms with E-state index in [1.165, 1.54) is 6.26 Å². The third-order valence-electron chi connectivity index (χ3n) is 6.87. The standard InChI is InChI=1S/C32H31NO6S/c1-18-13-14-37-29(18)31(35)39-21-8-9-22(25(15-21)36-6)23-10-11-24-27(19(2)16-32(4,5)33-24)28(23)30(38-17-34)26-12-7-20(3)40-26/h7-17,30,33H,1-6H3. The van der Waals surface area contributed by atoms with Gasteiger partial charge in [0.05, 0.1) is 18.9 Å². The van der Waals surface area contributed by atoms with Gasteiger partial charge in [0.25, 0.3) is 6.47 Å². The second-order valence-electron chi connectivity index (χ2n) is 10.4. The number of hydrogen-bond acceptors (Lipinski definition) is 8. The molecule has 206 valence electrons. The van der Waals surface area contributed by atoms with Crippen LogP contribution in [0.2, 0.25) is 0 Å². The fraction of sp³-hybridized carbons (Fsp3) is 0.250. The summed E-state index contributed by atoms with van der Waals surface area (Å²) in [6.45, 7) is 10.6. The number of thiophene rings is 1. The van der Waals surface area contributed by atoms with E-state index in [1.54, 1.807) is 43.6 Å². The Balaban J connectivity index is 1.67. The molecule has 8 heteroatoms. The molecule has 0 aliphatic carbocycles. The molecule has 40 heavy (non-hydrogen) atoms. The van der Waals surface area contributed by atoms with Crippen LogP contribution in [0.5, 0.6) is 11.5 Å². The maximum absolute atomic E-state index is 12.7. The molecular weight excluding hydrogens is 526 g/mol. The Morgan fingerprint density at radius 3 is 2.48 bits per heavy atom. The first-order valence-corrected chi connectivity index (χ1v) is 13.7. The maximum Gasteiger partial charge on any atom is 0.379 e. The molecule has 0 amide bonds. The van der Waals surface area contributed by atoms with Crippen molar-refractivity contribution in [1.82, 2.24) is 0 Å². The van der Waals surface area contributed by atoms with Crippen molar-refractivity contribution in [3.05, 3.63) is 93.1 Å². The van der Waals surface area contributed by atoms with Crippen LogP contribution in [0.15, 0.2) is 65.3 Å². The van der Waals surface area contributed by atoms with Gasteiger partial charge in [0.1, 0.15) is 11.5 Å². The normalized spacial score (nSPS) is 14.4. The molecule has 0 saturated heterocycles. The van der Waals surface area contributed by atoms with E-state index in [0.717, 1.165) is 43.3 Å². The summed E-state index contributed by atoms with van der Waals surface area (Å²) >= 11 is 1.58. The number of hydrogen-bond donors (Lipinski definition) is 1. The Hall–Kier alpha value is -4.30. The fourth-order valence-electron chi connectivity index (χ4n) is 5.27. The zero-order valence-electron chi connectivity index (χ0n) is 23.3. The van der Waals surface area contributed by atoms with Crippen molar-refractivity contribution in [3.8, 4) is 22.6 Å². The van der Waals surface area contributed by atoms with Crippen LogP contribution >= 0.6 is 11.3 Å². The minimum Gasteiger partial charge on any atom is -0.496 e. The number of benzene rings is 2. The van der Waals surface area contributed by atoms with Gasteiger partial charge >= 0.3 is 5.97 Å². The molecule has 0 spiro atoms. The molecule has 1 aliphatic rings. The van der Waals surface area contributed by atoms with Crippen LogP contribution in [-0.2, 0) is 9.53 Å². The van der Waals surface area contributed by atoms with Gasteiger partial charge in [-0.2, -0.15) is 0 Å². The molecule has 1 unspecified atom stereocenters. The molecule has 0 bridgehead atoms. The van der Waals surface area contributed by atoms with Crippen LogP contribution in [0, 0.1) is 13.8 Å². The minimum atomic E-state index is -0.642. The molecule has 0 saturated carbocycles. The number of allylic oxidation sites excluding steroid dienone is 1. The summed E-state index contributed by atoms with van der Waals surface area (Å²) < 4.78 is 22.5. The van der Waals surface area contributed by atoms with Crippen molar-refractivity contribution in [2.45, 2.75) is 46.3 Å². The number of carbonyl (C=O) groups is 2. The number of furan rings is 1. The second-order valence-corrected chi connectivity index (χ2v) is 11.7. The first kappa shape index (κ1) is 27.3. The van der Waals surface area contributed by atoms with Crippen molar-refractivity contribution in [2.75, 3.05) is 12.4 Å². The lowest BCUT2D eigenvalue weighted by Gasteiger charge is -2.34. The van der Waals surface area contributed by atoms with Crippen molar-refractivity contribution < 1.29 is 28.2 Å². The van der Waals surface area contributed by atoms with E-state index in [4.69, 9.17) is 18.6 Å². The van der Waals surface area contributed by atoms with Gasteiger partial charge < -0.3 is 23.9 Å². The van der Waals surface area contributed by atoms with E-state index in [2.05, 4.69) is 32.2 Å². The molecule has 5 rings (SSSR count). The Morgan fingerprint density at radius 2 is 1.82 bits per heavy atom. The lowest BCUT2D eigenvalue weighted by Crippen LogP contribution is -2.32. The van der Waals surface area contributed by atoms with Gasteiger partial charge in [-0.25, -0.2) is 4.79 Å². The highest BCUT2D eigenvalue weighted by Crippen LogP contribution is 2.48. The van der Waals surface area contributed by atoms with Crippen molar-refractivity contribution in [3.63, 3.8) is 0 Å². The molecule has 7 nitrogen and oxygen atoms in total. The van der Waals surface area contributed by atoms with Gasteiger partial charge in [-0.3, -0.25) is 4.79 Å². The molecular formula is C32H31NO6S. The SMILES string of the molecule is COc1cc(OC(=O)c2occc2C)ccc1-c1ccc2c(c1C(OC=O)c1ccc(C)s1)C(C)=CC(C)(C)N2. The molecule has 1 aliphatic heterocycles. The van der Waals surface area contributed by atoms with Crippen LogP contribution < -0.4 is 14.8 Å². The van der Waals surface area contributed by atoms with E-state index < -0.39 is 12.1 Å². The highest BCUT2D eigenvalue weighted by atomic mass is 32.1. The van der Waals surface area contributed by atoms with Crippen molar-refractivity contribution in [2.24, 2.45) is 0 Å². The van der Waals surface area contributed by atoms with Gasteiger partial charge in [-0.15, -0.1) is 11.3 Å². The van der Waals surface area contributed by atoms with Gasteiger partial charge in [-0.05, 0) is 82.2 Å². The summed E-state index contributed by atoms with van der Waals surface area (Å²) in [4.78, 5) is 26.5. The monoisotopic (exact) mass is 557 g/mol. The van der Waals surface area contributed by atoms with Crippen LogP contribution in [0.4, 0.5) is 5.69 Å². The zero-order chi connectivity index (χ0) is 28.6. The van der Waals surface area contributed by atoms with Crippen LogP contribution in [0.3, 0.4) is 0 Å². The van der Waals surface area contributed by atoms with E-state index >= 15 is 0 Å². The predicted octanol–water partition coefficient (Wildman–Crippen LogP) is 7.72. The highest BCUT2D eigenvalue weighted by Gasteiger charge is 2.32. The predicted molar refractivity (Wildman–Crippen MR) is 156 cm³/mol. The Morgan fingerprint density at radius 1 is 1.05 bits per heavy atom. The number of esters is 1. The summed E-state index contributed by atoms with van der Waals surface area (Å²) in [6, 6.07) is 15.0.